The molecule has 0 radical (unpaired) electrons. The molecule has 24 heavy (non-hydrogen) atoms. The van der Waals surface area contributed by atoms with E-state index in [1.807, 2.05) is 5.32 Å². The maximum atomic E-state index is 11.8. The minimum atomic E-state index is -2.98. The topological polar surface area (TPSA) is 162 Å². The minimum Gasteiger partial charge on any atom is -0.394 e. The van der Waals surface area contributed by atoms with Gasteiger partial charge in [0, 0.05) is 12.5 Å². The van der Waals surface area contributed by atoms with Gasteiger partial charge < -0.3 is 25.2 Å². The van der Waals surface area contributed by atoms with Crippen LogP contribution in [0.3, 0.4) is 0 Å². The van der Waals surface area contributed by atoms with Gasteiger partial charge in [0.15, 0.2) is 6.10 Å². The normalized spacial score (nSPS) is 36.1. The summed E-state index contributed by atoms with van der Waals surface area (Å²) in [6, 6.07) is 7.08. The van der Waals surface area contributed by atoms with Crippen molar-refractivity contribution in [2.75, 3.05) is 6.61 Å². The molecule has 1 aromatic carbocycles. The highest BCUT2D eigenvalue weighted by Crippen LogP contribution is 2.43. The SMILES string of the molecule is CC(=O)N[C@]1([N+](=O)[O-])[C@@H](O)[C@H](O)[C@@H](CO)O[C@]1(O)c1ccccc1. The lowest BCUT2D eigenvalue weighted by Gasteiger charge is -2.49. The summed E-state index contributed by atoms with van der Waals surface area (Å²) in [5, 5.41) is 54.3. The van der Waals surface area contributed by atoms with E-state index in [1.54, 1.807) is 6.07 Å². The fourth-order valence-electron chi connectivity index (χ4n) is 2.83. The highest BCUT2D eigenvalue weighted by molar-refractivity contribution is 5.74. The van der Waals surface area contributed by atoms with E-state index in [1.165, 1.54) is 24.3 Å². The number of hydrogen-bond donors (Lipinski definition) is 5. The summed E-state index contributed by atoms with van der Waals surface area (Å²) in [5.74, 6) is -3.77. The van der Waals surface area contributed by atoms with Crippen LogP contribution in [-0.4, -0.2) is 61.8 Å². The molecular formula is C14H18N2O8. The van der Waals surface area contributed by atoms with Gasteiger partial charge in [0.1, 0.15) is 12.2 Å². The summed E-state index contributed by atoms with van der Waals surface area (Å²) >= 11 is 0. The van der Waals surface area contributed by atoms with Crippen LogP contribution in [0.15, 0.2) is 30.3 Å². The molecule has 1 fully saturated rings. The number of benzene rings is 1. The highest BCUT2D eigenvalue weighted by Gasteiger charge is 2.74. The van der Waals surface area contributed by atoms with Crippen LogP contribution in [0.5, 0.6) is 0 Å². The molecule has 1 saturated heterocycles. The van der Waals surface area contributed by atoms with Crippen LogP contribution in [0.1, 0.15) is 12.5 Å². The third kappa shape index (κ3) is 2.54. The van der Waals surface area contributed by atoms with E-state index in [2.05, 4.69) is 0 Å². The van der Waals surface area contributed by atoms with Crippen molar-refractivity contribution in [1.82, 2.24) is 5.32 Å². The van der Waals surface area contributed by atoms with Crippen LogP contribution < -0.4 is 5.32 Å². The number of aliphatic hydroxyl groups is 4. The molecule has 0 bridgehead atoms. The Morgan fingerprint density at radius 3 is 2.42 bits per heavy atom. The molecule has 2 rings (SSSR count). The van der Waals surface area contributed by atoms with Gasteiger partial charge in [-0.15, -0.1) is 0 Å². The quantitative estimate of drug-likeness (QED) is 0.240. The predicted molar refractivity (Wildman–Crippen MR) is 77.9 cm³/mol. The van der Waals surface area contributed by atoms with E-state index in [-0.39, 0.29) is 5.56 Å². The molecule has 5 atom stereocenters. The van der Waals surface area contributed by atoms with Crippen molar-refractivity contribution in [2.24, 2.45) is 0 Å². The first-order chi connectivity index (χ1) is 11.2. The van der Waals surface area contributed by atoms with Crippen molar-refractivity contribution in [3.8, 4) is 0 Å². The summed E-state index contributed by atoms with van der Waals surface area (Å²) in [4.78, 5) is 22.2. The van der Waals surface area contributed by atoms with Crippen LogP contribution >= 0.6 is 0 Å². The molecule has 10 nitrogen and oxygen atoms in total. The molecule has 10 heteroatoms. The Hall–Kier alpha value is -2.11. The number of carbonyl (C=O) groups is 1. The monoisotopic (exact) mass is 342 g/mol. The van der Waals surface area contributed by atoms with Gasteiger partial charge in [-0.3, -0.25) is 20.2 Å². The molecule has 1 aliphatic heterocycles. The average molecular weight is 342 g/mol. The zero-order valence-electron chi connectivity index (χ0n) is 12.7. The Balaban J connectivity index is 2.72. The van der Waals surface area contributed by atoms with Crippen LogP contribution in [0.2, 0.25) is 0 Å². The zero-order chi connectivity index (χ0) is 18.1. The lowest BCUT2D eigenvalue weighted by atomic mass is 9.80. The van der Waals surface area contributed by atoms with E-state index in [4.69, 9.17) is 4.74 Å². The van der Waals surface area contributed by atoms with Crippen molar-refractivity contribution in [1.29, 1.82) is 0 Å². The molecule has 1 aromatic rings. The smallest absolute Gasteiger partial charge is 0.382 e. The summed E-state index contributed by atoms with van der Waals surface area (Å²) in [7, 11) is 0. The molecule has 1 heterocycles. The van der Waals surface area contributed by atoms with E-state index in [0.717, 1.165) is 6.92 Å². The number of rotatable bonds is 4. The van der Waals surface area contributed by atoms with E-state index < -0.39 is 47.2 Å². The maximum absolute atomic E-state index is 11.8. The number of ether oxygens (including phenoxy) is 1. The molecule has 0 aliphatic carbocycles. The second kappa shape index (κ2) is 6.42. The number of nitro groups is 1. The first-order valence-corrected chi connectivity index (χ1v) is 7.06. The third-order valence-electron chi connectivity index (χ3n) is 3.97. The van der Waals surface area contributed by atoms with Crippen molar-refractivity contribution in [2.45, 2.75) is 36.7 Å². The van der Waals surface area contributed by atoms with E-state index in [9.17, 15) is 35.3 Å². The Bertz CT molecular complexity index is 626. The summed E-state index contributed by atoms with van der Waals surface area (Å²) < 4.78 is 5.21. The molecule has 0 spiro atoms. The first kappa shape index (κ1) is 18.2. The standard InChI is InChI=1S/C14H18N2O8/c1-8(18)15-13(16(22)23)12(20)11(19)10(7-17)24-14(13,21)9-5-3-2-4-6-9/h2-6,10-12,17,19-21H,7H2,1H3,(H,15,18)/t10-,11-,12+,13+,14-/m1/s1. The van der Waals surface area contributed by atoms with Gasteiger partial charge in [0.25, 0.3) is 5.79 Å². The Morgan fingerprint density at radius 1 is 1.38 bits per heavy atom. The van der Waals surface area contributed by atoms with Crippen molar-refractivity contribution in [3.05, 3.63) is 46.0 Å². The number of carbonyl (C=O) groups excluding carboxylic acids is 1. The van der Waals surface area contributed by atoms with E-state index >= 15 is 0 Å². The van der Waals surface area contributed by atoms with Crippen molar-refractivity contribution >= 4 is 5.91 Å². The van der Waals surface area contributed by atoms with Gasteiger partial charge in [0.05, 0.1) is 11.5 Å². The summed E-state index contributed by atoms with van der Waals surface area (Å²) in [6.45, 7) is 0.134. The molecule has 1 amide bonds. The van der Waals surface area contributed by atoms with Crippen LogP contribution in [0, 0.1) is 10.1 Å². The number of aliphatic hydroxyl groups excluding tert-OH is 3. The summed E-state index contributed by atoms with van der Waals surface area (Å²) in [6.07, 6.45) is -5.68. The molecule has 0 saturated carbocycles. The Labute approximate surface area is 136 Å². The summed E-state index contributed by atoms with van der Waals surface area (Å²) in [5.41, 5.74) is -3.12. The second-order valence-corrected chi connectivity index (χ2v) is 5.49. The van der Waals surface area contributed by atoms with Crippen molar-refractivity contribution in [3.63, 3.8) is 0 Å². The number of nitrogens with one attached hydrogen (secondary N) is 1. The predicted octanol–water partition coefficient (Wildman–Crippen LogP) is -1.95. The molecule has 132 valence electrons. The average Bonchev–Trinajstić information content (AvgIpc) is 2.55. The van der Waals surface area contributed by atoms with Gasteiger partial charge in [0.2, 0.25) is 5.91 Å². The van der Waals surface area contributed by atoms with Gasteiger partial charge in [-0.05, 0) is 0 Å². The molecule has 0 aromatic heterocycles. The maximum Gasteiger partial charge on any atom is 0.382 e. The Morgan fingerprint density at radius 2 is 1.96 bits per heavy atom. The lowest BCUT2D eigenvalue weighted by Crippen LogP contribution is -2.80. The number of nitrogens with zero attached hydrogens (tertiary/aromatic N) is 1. The van der Waals surface area contributed by atoms with Gasteiger partial charge in [-0.25, -0.2) is 0 Å². The number of hydrogen-bond acceptors (Lipinski definition) is 8. The Kier molecular flexibility index (Phi) is 4.87. The molecule has 0 unspecified atom stereocenters. The lowest BCUT2D eigenvalue weighted by molar-refractivity contribution is -0.651. The van der Waals surface area contributed by atoms with Gasteiger partial charge in [-0.1, -0.05) is 30.3 Å². The molecule has 1 aliphatic rings. The first-order valence-electron chi connectivity index (χ1n) is 7.06. The second-order valence-electron chi connectivity index (χ2n) is 5.49. The fraction of sp³-hybridized carbons (Fsp3) is 0.500. The zero-order valence-corrected chi connectivity index (χ0v) is 12.7. The fourth-order valence-corrected chi connectivity index (χ4v) is 2.83. The van der Waals surface area contributed by atoms with E-state index in [0.29, 0.717) is 0 Å². The van der Waals surface area contributed by atoms with Gasteiger partial charge in [-0.2, -0.15) is 0 Å². The molecule has 5 N–H and O–H groups in total. The highest BCUT2D eigenvalue weighted by atomic mass is 16.7. The number of amides is 1. The van der Waals surface area contributed by atoms with Crippen LogP contribution in [0.25, 0.3) is 0 Å². The van der Waals surface area contributed by atoms with Crippen LogP contribution in [0.4, 0.5) is 0 Å². The van der Waals surface area contributed by atoms with Gasteiger partial charge >= 0.3 is 5.66 Å². The third-order valence-corrected chi connectivity index (χ3v) is 3.97. The molecular weight excluding hydrogens is 324 g/mol. The van der Waals surface area contributed by atoms with Crippen LogP contribution in [-0.2, 0) is 15.3 Å². The minimum absolute atomic E-state index is 0.139. The van der Waals surface area contributed by atoms with Crippen molar-refractivity contribution < 1.29 is 34.9 Å². The largest absolute Gasteiger partial charge is 0.394 e.